The molecular weight excluding hydrogens is 429 g/mol. The molecule has 1 saturated heterocycles. The molecule has 1 heterocycles. The van der Waals surface area contributed by atoms with Crippen molar-refractivity contribution < 1.29 is 18.7 Å². The smallest absolute Gasteiger partial charge is 0.254 e. The summed E-state index contributed by atoms with van der Waals surface area (Å²) in [6.45, 7) is 1.97. The highest BCUT2D eigenvalue weighted by Gasteiger charge is 2.27. The SMILES string of the molecule is O=C(c1ccc(-c2cccc(F)c2)cc1)N(Cc1ccc(OC2CCOC2)cc1)C1CCCC1. The summed E-state index contributed by atoms with van der Waals surface area (Å²) in [5.41, 5.74) is 3.45. The lowest BCUT2D eigenvalue weighted by molar-refractivity contribution is 0.0664. The average Bonchev–Trinajstić information content (AvgIpc) is 3.58. The molecule has 5 heteroatoms. The Morgan fingerprint density at radius 2 is 1.71 bits per heavy atom. The predicted molar refractivity (Wildman–Crippen MR) is 130 cm³/mol. The van der Waals surface area contributed by atoms with E-state index in [2.05, 4.69) is 0 Å². The van der Waals surface area contributed by atoms with E-state index in [1.165, 1.54) is 12.1 Å². The molecule has 0 radical (unpaired) electrons. The molecule has 2 aliphatic rings. The molecule has 1 aliphatic carbocycles. The normalized spacial score (nSPS) is 18.2. The summed E-state index contributed by atoms with van der Waals surface area (Å²) in [5.74, 6) is 0.616. The average molecular weight is 460 g/mol. The summed E-state index contributed by atoms with van der Waals surface area (Å²) in [6.07, 6.45) is 5.43. The van der Waals surface area contributed by atoms with Crippen molar-refractivity contribution in [1.29, 1.82) is 0 Å². The maximum absolute atomic E-state index is 13.6. The molecule has 1 unspecified atom stereocenters. The van der Waals surface area contributed by atoms with E-state index in [0.717, 1.165) is 61.2 Å². The fraction of sp³-hybridized carbons (Fsp3) is 0.345. The first-order valence-corrected chi connectivity index (χ1v) is 12.2. The van der Waals surface area contributed by atoms with E-state index in [0.29, 0.717) is 18.7 Å². The van der Waals surface area contributed by atoms with E-state index >= 15 is 0 Å². The van der Waals surface area contributed by atoms with E-state index in [9.17, 15) is 9.18 Å². The van der Waals surface area contributed by atoms with Gasteiger partial charge in [-0.15, -0.1) is 0 Å². The summed E-state index contributed by atoms with van der Waals surface area (Å²) in [5, 5.41) is 0. The second-order valence-electron chi connectivity index (χ2n) is 9.21. The lowest BCUT2D eigenvalue weighted by atomic mass is 10.0. The lowest BCUT2D eigenvalue weighted by Gasteiger charge is -2.29. The number of rotatable bonds is 7. The molecule has 0 spiro atoms. The van der Waals surface area contributed by atoms with Crippen molar-refractivity contribution in [2.24, 2.45) is 0 Å². The first-order valence-electron chi connectivity index (χ1n) is 12.2. The van der Waals surface area contributed by atoms with Gasteiger partial charge in [-0.05, 0) is 65.9 Å². The number of hydrogen-bond donors (Lipinski definition) is 0. The molecule has 1 saturated carbocycles. The van der Waals surface area contributed by atoms with Crippen LogP contribution < -0.4 is 4.74 Å². The van der Waals surface area contributed by atoms with Crippen LogP contribution in [0, 0.1) is 5.82 Å². The standard InChI is InChI=1S/C29H30FNO3/c30-25-5-3-4-24(18-25)22-10-12-23(13-11-22)29(32)31(26-6-1-2-7-26)19-21-8-14-27(15-9-21)34-28-16-17-33-20-28/h3-5,8-15,18,26,28H,1-2,6-7,16-17,19-20H2. The van der Waals surface area contributed by atoms with E-state index in [-0.39, 0.29) is 23.9 Å². The van der Waals surface area contributed by atoms with Gasteiger partial charge in [0.1, 0.15) is 17.7 Å². The zero-order valence-corrected chi connectivity index (χ0v) is 19.3. The summed E-state index contributed by atoms with van der Waals surface area (Å²) < 4.78 is 25.0. The third-order valence-electron chi connectivity index (χ3n) is 6.78. The first-order chi connectivity index (χ1) is 16.7. The van der Waals surface area contributed by atoms with Gasteiger partial charge in [0.15, 0.2) is 0 Å². The van der Waals surface area contributed by atoms with Gasteiger partial charge in [-0.2, -0.15) is 0 Å². The van der Waals surface area contributed by atoms with Crippen molar-refractivity contribution in [1.82, 2.24) is 4.90 Å². The fourth-order valence-electron chi connectivity index (χ4n) is 4.89. The predicted octanol–water partition coefficient (Wildman–Crippen LogP) is 6.25. The molecule has 5 rings (SSSR count). The molecule has 1 aliphatic heterocycles. The minimum atomic E-state index is -0.266. The number of amides is 1. The number of halogens is 1. The van der Waals surface area contributed by atoms with Crippen LogP contribution >= 0.6 is 0 Å². The third-order valence-corrected chi connectivity index (χ3v) is 6.78. The summed E-state index contributed by atoms with van der Waals surface area (Å²) >= 11 is 0. The molecule has 3 aromatic carbocycles. The van der Waals surface area contributed by atoms with Gasteiger partial charge in [-0.3, -0.25) is 4.79 Å². The number of nitrogens with zero attached hydrogens (tertiary/aromatic N) is 1. The van der Waals surface area contributed by atoms with Crippen LogP contribution in [0.15, 0.2) is 72.8 Å². The number of carbonyl (C=O) groups excluding carboxylic acids is 1. The van der Waals surface area contributed by atoms with E-state index in [4.69, 9.17) is 9.47 Å². The molecule has 34 heavy (non-hydrogen) atoms. The molecular formula is C29H30FNO3. The van der Waals surface area contributed by atoms with Gasteiger partial charge in [-0.25, -0.2) is 4.39 Å². The molecule has 0 N–H and O–H groups in total. The fourth-order valence-corrected chi connectivity index (χ4v) is 4.89. The van der Waals surface area contributed by atoms with Crippen LogP contribution in [0.5, 0.6) is 5.75 Å². The van der Waals surface area contributed by atoms with Crippen LogP contribution in [0.25, 0.3) is 11.1 Å². The maximum atomic E-state index is 13.6. The zero-order valence-electron chi connectivity index (χ0n) is 19.3. The number of benzene rings is 3. The highest BCUT2D eigenvalue weighted by molar-refractivity contribution is 5.95. The van der Waals surface area contributed by atoms with E-state index in [1.807, 2.05) is 59.5 Å². The molecule has 2 fully saturated rings. The maximum Gasteiger partial charge on any atom is 0.254 e. The Labute approximate surface area is 200 Å². The van der Waals surface area contributed by atoms with Crippen LogP contribution in [0.1, 0.15) is 48.0 Å². The van der Waals surface area contributed by atoms with Gasteiger partial charge < -0.3 is 14.4 Å². The van der Waals surface area contributed by atoms with Crippen LogP contribution in [-0.2, 0) is 11.3 Å². The van der Waals surface area contributed by atoms with Gasteiger partial charge in [0.25, 0.3) is 5.91 Å². The first kappa shape index (κ1) is 22.6. The lowest BCUT2D eigenvalue weighted by Crippen LogP contribution is -2.38. The second-order valence-corrected chi connectivity index (χ2v) is 9.21. The largest absolute Gasteiger partial charge is 0.488 e. The Balaban J connectivity index is 1.31. The molecule has 0 bridgehead atoms. The van der Waals surface area contributed by atoms with Crippen LogP contribution in [0.4, 0.5) is 4.39 Å². The van der Waals surface area contributed by atoms with Crippen molar-refractivity contribution in [3.05, 3.63) is 89.7 Å². The minimum Gasteiger partial charge on any atom is -0.488 e. The summed E-state index contributed by atoms with van der Waals surface area (Å²) in [6, 6.07) is 22.3. The molecule has 3 aromatic rings. The van der Waals surface area contributed by atoms with Crippen LogP contribution in [0.2, 0.25) is 0 Å². The molecule has 1 amide bonds. The molecule has 1 atom stereocenters. The number of hydrogen-bond acceptors (Lipinski definition) is 3. The van der Waals surface area contributed by atoms with Gasteiger partial charge in [0.2, 0.25) is 0 Å². The Morgan fingerprint density at radius 1 is 0.941 bits per heavy atom. The Bertz CT molecular complexity index is 1100. The van der Waals surface area contributed by atoms with Crippen molar-refractivity contribution in [2.45, 2.75) is 50.8 Å². The number of ether oxygens (including phenoxy) is 2. The van der Waals surface area contributed by atoms with Gasteiger partial charge in [0.05, 0.1) is 13.2 Å². The van der Waals surface area contributed by atoms with E-state index < -0.39 is 0 Å². The second kappa shape index (κ2) is 10.4. The van der Waals surface area contributed by atoms with Gasteiger partial charge in [0, 0.05) is 24.6 Å². The number of carbonyl (C=O) groups is 1. The van der Waals surface area contributed by atoms with Crippen molar-refractivity contribution in [3.63, 3.8) is 0 Å². The highest BCUT2D eigenvalue weighted by Crippen LogP contribution is 2.28. The minimum absolute atomic E-state index is 0.0427. The Morgan fingerprint density at radius 3 is 2.38 bits per heavy atom. The summed E-state index contributed by atoms with van der Waals surface area (Å²) in [7, 11) is 0. The molecule has 176 valence electrons. The summed E-state index contributed by atoms with van der Waals surface area (Å²) in [4.78, 5) is 15.6. The van der Waals surface area contributed by atoms with Gasteiger partial charge >= 0.3 is 0 Å². The van der Waals surface area contributed by atoms with Crippen molar-refractivity contribution in [2.75, 3.05) is 13.2 Å². The van der Waals surface area contributed by atoms with Crippen molar-refractivity contribution >= 4 is 5.91 Å². The molecule has 4 nitrogen and oxygen atoms in total. The Hall–Kier alpha value is -3.18. The topological polar surface area (TPSA) is 38.8 Å². The monoisotopic (exact) mass is 459 g/mol. The third kappa shape index (κ3) is 5.31. The van der Waals surface area contributed by atoms with Crippen LogP contribution in [-0.4, -0.2) is 36.2 Å². The van der Waals surface area contributed by atoms with Crippen LogP contribution in [0.3, 0.4) is 0 Å². The Kier molecular flexibility index (Phi) is 6.91. The molecule has 0 aromatic heterocycles. The van der Waals surface area contributed by atoms with Gasteiger partial charge in [-0.1, -0.05) is 49.2 Å². The van der Waals surface area contributed by atoms with E-state index in [1.54, 1.807) is 6.07 Å². The van der Waals surface area contributed by atoms with Crippen molar-refractivity contribution in [3.8, 4) is 16.9 Å². The quantitative estimate of drug-likeness (QED) is 0.419. The highest BCUT2D eigenvalue weighted by atomic mass is 19.1. The zero-order chi connectivity index (χ0) is 23.3.